The zero-order valence-electron chi connectivity index (χ0n) is 20.0. The molecular weight excluding hydrogens is 514 g/mol. The summed E-state index contributed by atoms with van der Waals surface area (Å²) in [6.45, 7) is 0. The number of nitriles is 1. The van der Waals surface area contributed by atoms with Crippen LogP contribution in [0.5, 0.6) is 0 Å². The van der Waals surface area contributed by atoms with Crippen LogP contribution in [0.1, 0.15) is 36.8 Å². The van der Waals surface area contributed by atoms with Crippen molar-refractivity contribution >= 4 is 41.7 Å². The number of aromatic nitrogens is 1. The minimum Gasteiger partial charge on any atom is -0.380 e. The van der Waals surface area contributed by atoms with Crippen molar-refractivity contribution in [1.29, 1.82) is 5.26 Å². The molecule has 12 heteroatoms. The van der Waals surface area contributed by atoms with Crippen LogP contribution in [0.25, 0.3) is 10.9 Å². The third-order valence-corrected chi connectivity index (χ3v) is 7.37. The van der Waals surface area contributed by atoms with Gasteiger partial charge in [-0.2, -0.15) is 5.26 Å². The van der Waals surface area contributed by atoms with Gasteiger partial charge in [0.05, 0.1) is 32.9 Å². The lowest BCUT2D eigenvalue weighted by Gasteiger charge is -2.36. The minimum atomic E-state index is -2.73. The Morgan fingerprint density at radius 1 is 1.21 bits per heavy atom. The first kappa shape index (κ1) is 24.7. The highest BCUT2D eigenvalue weighted by atomic mass is 35.5. The number of nitrogens with zero attached hydrogens (tertiary/aromatic N) is 3. The van der Waals surface area contributed by atoms with Crippen LogP contribution in [0.15, 0.2) is 54.5 Å². The molecule has 1 atom stereocenters. The Hall–Kier alpha value is -3.62. The van der Waals surface area contributed by atoms with Crippen LogP contribution in [-0.4, -0.2) is 35.8 Å². The topological polar surface area (TPSA) is 88.0 Å². The molecule has 2 heterocycles. The fraction of sp³-hybridized carbons (Fsp3) is 0.308. The summed E-state index contributed by atoms with van der Waals surface area (Å²) >= 11 is 6.61. The molecule has 2 aromatic carbocycles. The van der Waals surface area contributed by atoms with E-state index in [4.69, 9.17) is 19.4 Å². The average Bonchev–Trinajstić information content (AvgIpc) is 3.59. The van der Waals surface area contributed by atoms with Gasteiger partial charge in [-0.1, -0.05) is 23.7 Å². The van der Waals surface area contributed by atoms with Crippen molar-refractivity contribution in [3.8, 4) is 6.07 Å². The maximum absolute atomic E-state index is 13.8. The van der Waals surface area contributed by atoms with Crippen molar-refractivity contribution in [2.75, 3.05) is 10.6 Å². The lowest BCUT2D eigenvalue weighted by atomic mass is 9.69. The Morgan fingerprint density at radius 3 is 2.61 bits per heavy atom. The van der Waals surface area contributed by atoms with Crippen molar-refractivity contribution in [3.05, 3.63) is 76.5 Å². The Balaban J connectivity index is 1.42. The Morgan fingerprint density at radius 2 is 1.95 bits per heavy atom. The van der Waals surface area contributed by atoms with Crippen molar-refractivity contribution < 1.29 is 13.2 Å². The first-order chi connectivity index (χ1) is 18.1. The highest BCUT2D eigenvalue weighted by Gasteiger charge is 2.45. The number of fused-ring (bicyclic) bond motifs is 1. The number of nitrogens with one attached hydrogen (secondary N) is 4. The summed E-state index contributed by atoms with van der Waals surface area (Å²) in [5, 5.41) is 18.8. The Labute approximate surface area is 223 Å². The van der Waals surface area contributed by atoms with E-state index in [0.29, 0.717) is 39.6 Å². The van der Waals surface area contributed by atoms with E-state index in [1.807, 2.05) is 11.2 Å². The number of alkyl halides is 2. The number of pyridine rings is 1. The van der Waals surface area contributed by atoms with Crippen molar-refractivity contribution in [2.24, 2.45) is 0 Å². The van der Waals surface area contributed by atoms with Crippen LogP contribution in [-0.2, 0) is 5.44 Å². The highest BCUT2D eigenvalue weighted by molar-refractivity contribution is 6.36. The molecule has 3 aliphatic rings. The molecule has 1 unspecified atom stereocenters. The van der Waals surface area contributed by atoms with Crippen LogP contribution in [0.2, 0.25) is 5.02 Å². The number of hydrogen-bond acceptors (Lipinski definition) is 7. The quantitative estimate of drug-likeness (QED) is 0.321. The normalized spacial score (nSPS) is 20.2. The summed E-state index contributed by atoms with van der Waals surface area (Å²) in [7, 11) is 6.98. The molecule has 2 aliphatic carbocycles. The summed E-state index contributed by atoms with van der Waals surface area (Å²) < 4.78 is 40.8. The van der Waals surface area contributed by atoms with Gasteiger partial charge in [-0.05, 0) is 42.7 Å². The predicted octanol–water partition coefficient (Wildman–Crippen LogP) is 4.87. The largest absolute Gasteiger partial charge is 0.380 e. The van der Waals surface area contributed by atoms with Gasteiger partial charge in [-0.3, -0.25) is 9.99 Å². The standard InChI is InChI=1S/C26H22BClF3N7/c27-26(15-1-3-16(29)4-2-15,22-13-38(37-36-22)19-5-6-19)35-17-7-20-23(34-18-9-25(30,31)10-18)14(11-32)12-33-24(20)21(28)8-17/h1-4,7-8,12-13,18-19,35-37H,5-6,9-10H2,(H,33,34). The fourth-order valence-corrected chi connectivity index (χ4v) is 5.12. The van der Waals surface area contributed by atoms with Crippen LogP contribution in [0.4, 0.5) is 24.5 Å². The molecule has 6 rings (SSSR count). The second kappa shape index (κ2) is 9.00. The van der Waals surface area contributed by atoms with E-state index in [2.05, 4.69) is 32.6 Å². The summed E-state index contributed by atoms with van der Waals surface area (Å²) in [5.74, 6) is -3.13. The van der Waals surface area contributed by atoms with E-state index in [1.54, 1.807) is 24.3 Å². The van der Waals surface area contributed by atoms with Gasteiger partial charge in [-0.15, -0.1) is 5.53 Å². The van der Waals surface area contributed by atoms with Gasteiger partial charge in [-0.25, -0.2) is 13.2 Å². The minimum absolute atomic E-state index is 0.211. The molecule has 38 heavy (non-hydrogen) atoms. The number of halogens is 4. The van der Waals surface area contributed by atoms with Gasteiger partial charge >= 0.3 is 0 Å². The molecule has 0 amide bonds. The van der Waals surface area contributed by atoms with E-state index >= 15 is 0 Å². The predicted molar refractivity (Wildman–Crippen MR) is 140 cm³/mol. The maximum Gasteiger partial charge on any atom is 0.252 e. The van der Waals surface area contributed by atoms with E-state index < -0.39 is 23.2 Å². The SMILES string of the molecule is [B]C(Nc1cc(Cl)c2ncc(C#N)c(NC3CC(F)(F)C3)c2c1)(C1=CN(C2CC2)NN1)c1ccc(F)cc1. The second-order valence-corrected chi connectivity index (χ2v) is 10.4. The summed E-state index contributed by atoms with van der Waals surface area (Å²) in [6.07, 6.45) is 4.70. The summed E-state index contributed by atoms with van der Waals surface area (Å²) in [6, 6.07) is 11.2. The van der Waals surface area contributed by atoms with Crippen molar-refractivity contribution in [3.63, 3.8) is 0 Å². The lowest BCUT2D eigenvalue weighted by molar-refractivity contribution is -0.0793. The van der Waals surface area contributed by atoms with Crippen molar-refractivity contribution in [2.45, 2.75) is 49.1 Å². The summed E-state index contributed by atoms with van der Waals surface area (Å²) in [4.78, 5) is 4.33. The van der Waals surface area contributed by atoms with Gasteiger partial charge in [0.1, 0.15) is 19.7 Å². The molecule has 2 radical (unpaired) electrons. The van der Waals surface area contributed by atoms with Gasteiger partial charge < -0.3 is 16.1 Å². The van der Waals surface area contributed by atoms with E-state index in [-0.39, 0.29) is 23.4 Å². The molecule has 0 bridgehead atoms. The van der Waals surface area contributed by atoms with E-state index in [0.717, 1.165) is 12.8 Å². The summed E-state index contributed by atoms with van der Waals surface area (Å²) in [5.41, 5.74) is 7.53. The zero-order chi connectivity index (χ0) is 26.7. The number of anilines is 2. The molecule has 0 saturated heterocycles. The number of benzene rings is 2. The van der Waals surface area contributed by atoms with Gasteiger partial charge in [0, 0.05) is 48.4 Å². The van der Waals surface area contributed by atoms with Crippen LogP contribution in [0.3, 0.4) is 0 Å². The number of rotatable bonds is 7. The zero-order valence-corrected chi connectivity index (χ0v) is 20.8. The molecule has 7 nitrogen and oxygen atoms in total. The molecule has 3 aromatic rings. The van der Waals surface area contributed by atoms with E-state index in [1.165, 1.54) is 18.3 Å². The van der Waals surface area contributed by atoms with E-state index in [9.17, 15) is 18.4 Å². The maximum atomic E-state index is 13.8. The third-order valence-electron chi connectivity index (χ3n) is 7.08. The highest BCUT2D eigenvalue weighted by Crippen LogP contribution is 2.42. The average molecular weight is 536 g/mol. The molecule has 1 aromatic heterocycles. The molecule has 1 aliphatic heterocycles. The second-order valence-electron chi connectivity index (χ2n) is 9.98. The van der Waals surface area contributed by atoms with Gasteiger partial charge in [0.2, 0.25) is 0 Å². The van der Waals surface area contributed by atoms with Crippen molar-refractivity contribution in [1.82, 2.24) is 21.0 Å². The van der Waals surface area contributed by atoms with Crippen LogP contribution in [0, 0.1) is 17.1 Å². The van der Waals surface area contributed by atoms with Crippen LogP contribution >= 0.6 is 11.6 Å². The third kappa shape index (κ3) is 4.48. The first-order valence-corrected chi connectivity index (χ1v) is 12.6. The Bertz CT molecular complexity index is 1480. The van der Waals surface area contributed by atoms with Crippen LogP contribution < -0.4 is 21.6 Å². The number of hydrazine groups is 2. The smallest absolute Gasteiger partial charge is 0.252 e. The molecule has 2 saturated carbocycles. The first-order valence-electron chi connectivity index (χ1n) is 12.2. The van der Waals surface area contributed by atoms with Gasteiger partial charge in [0.25, 0.3) is 5.92 Å². The van der Waals surface area contributed by atoms with Gasteiger partial charge in [0.15, 0.2) is 0 Å². The molecule has 192 valence electrons. The molecular formula is C26H22BClF3N7. The molecule has 0 spiro atoms. The lowest BCUT2D eigenvalue weighted by Crippen LogP contribution is -2.45. The monoisotopic (exact) mass is 535 g/mol. The molecule has 4 N–H and O–H groups in total. The fourth-order valence-electron chi connectivity index (χ4n) is 4.85. The molecule has 2 fully saturated rings. The Kier molecular flexibility index (Phi) is 5.85. The number of hydrogen-bond donors (Lipinski definition) is 4.